The molecule has 180 valence electrons. The molecule has 0 unspecified atom stereocenters. The fraction of sp³-hybridized carbons (Fsp3) is 0.318. The van der Waals surface area contributed by atoms with Gasteiger partial charge in [-0.3, -0.25) is 9.59 Å². The zero-order valence-corrected chi connectivity index (χ0v) is 17.5. The summed E-state index contributed by atoms with van der Waals surface area (Å²) < 4.78 is 70.3. The van der Waals surface area contributed by atoms with Crippen molar-refractivity contribution in [3.8, 4) is 5.75 Å². The lowest BCUT2D eigenvalue weighted by molar-refractivity contribution is -0.141. The number of hydrogen-bond donors (Lipinski definition) is 3. The second-order valence-corrected chi connectivity index (χ2v) is 7.91. The Bertz CT molecular complexity index is 1200. The maximum Gasteiger partial charge on any atom is 0.433 e. The van der Waals surface area contributed by atoms with Crippen LogP contribution in [0.3, 0.4) is 0 Å². The monoisotopic (exact) mass is 482 g/mol. The Balaban J connectivity index is 1.26. The third-order valence-corrected chi connectivity index (χ3v) is 5.52. The second kappa shape index (κ2) is 9.27. The van der Waals surface area contributed by atoms with E-state index in [4.69, 9.17) is 4.74 Å². The highest BCUT2D eigenvalue weighted by Crippen LogP contribution is 2.30. The molecule has 12 heteroatoms. The molecule has 3 aromatic rings. The third kappa shape index (κ3) is 5.26. The van der Waals surface area contributed by atoms with Gasteiger partial charge in [0, 0.05) is 23.7 Å². The van der Waals surface area contributed by atoms with Gasteiger partial charge < -0.3 is 20.4 Å². The highest BCUT2D eigenvalue weighted by molar-refractivity contribution is 6.40. The fourth-order valence-corrected chi connectivity index (χ4v) is 3.79. The molecule has 7 nitrogen and oxygen atoms in total. The van der Waals surface area contributed by atoms with Crippen LogP contribution >= 0.6 is 0 Å². The number of alkyl halides is 3. The van der Waals surface area contributed by atoms with Gasteiger partial charge in [-0.05, 0) is 43.9 Å². The van der Waals surface area contributed by atoms with E-state index in [1.165, 1.54) is 12.3 Å². The first-order valence-electron chi connectivity index (χ1n) is 10.4. The quantitative estimate of drug-likeness (QED) is 0.382. The van der Waals surface area contributed by atoms with Gasteiger partial charge in [0.1, 0.15) is 11.4 Å². The molecular formula is C22H19F5N4O3. The van der Waals surface area contributed by atoms with Gasteiger partial charge in [-0.25, -0.2) is 13.8 Å². The number of rotatable bonds is 4. The Hall–Kier alpha value is -3.70. The normalized spacial score (nSPS) is 18.5. The molecule has 2 heterocycles. The number of halogens is 5. The van der Waals surface area contributed by atoms with Crippen LogP contribution in [0.4, 0.5) is 27.6 Å². The first-order valence-corrected chi connectivity index (χ1v) is 10.4. The van der Waals surface area contributed by atoms with Crippen LogP contribution in [0.15, 0.2) is 36.7 Å². The van der Waals surface area contributed by atoms with E-state index in [-0.39, 0.29) is 34.5 Å². The number of aromatic nitrogens is 2. The highest BCUT2D eigenvalue weighted by atomic mass is 19.4. The summed E-state index contributed by atoms with van der Waals surface area (Å²) in [5.74, 6) is -3.75. The van der Waals surface area contributed by atoms with Crippen LogP contribution in [-0.2, 0) is 15.8 Å². The Labute approximate surface area is 189 Å². The number of aromatic amines is 1. The van der Waals surface area contributed by atoms with E-state index in [0.29, 0.717) is 25.7 Å². The summed E-state index contributed by atoms with van der Waals surface area (Å²) in [6.45, 7) is 0. The number of carbonyl (C=O) groups is 2. The molecule has 0 aliphatic heterocycles. The SMILES string of the molecule is O=C(Nc1c[nH]c2cc(F)c(F)cc12)C(=O)N[C@H]1CC[C@@H](Oc2ccc(C(F)(F)F)nc2)CC1. The van der Waals surface area contributed by atoms with Gasteiger partial charge in [0.25, 0.3) is 0 Å². The van der Waals surface area contributed by atoms with Gasteiger partial charge >= 0.3 is 18.0 Å². The third-order valence-electron chi connectivity index (χ3n) is 5.52. The first-order chi connectivity index (χ1) is 16.1. The van der Waals surface area contributed by atoms with Crippen LogP contribution in [0.2, 0.25) is 0 Å². The topological polar surface area (TPSA) is 96.1 Å². The smallest absolute Gasteiger partial charge is 0.433 e. The number of fused-ring (bicyclic) bond motifs is 1. The van der Waals surface area contributed by atoms with Crippen molar-refractivity contribution in [2.75, 3.05) is 5.32 Å². The zero-order chi connectivity index (χ0) is 24.5. The Kier molecular flexibility index (Phi) is 6.40. The number of amides is 2. The Morgan fingerprint density at radius 2 is 1.74 bits per heavy atom. The van der Waals surface area contributed by atoms with Crippen LogP contribution in [0.5, 0.6) is 5.75 Å². The summed E-state index contributed by atoms with van der Waals surface area (Å²) in [5.41, 5.74) is -0.609. The van der Waals surface area contributed by atoms with Crippen molar-refractivity contribution in [3.63, 3.8) is 0 Å². The minimum absolute atomic E-state index is 0.135. The summed E-state index contributed by atoms with van der Waals surface area (Å²) >= 11 is 0. The van der Waals surface area contributed by atoms with Crippen LogP contribution < -0.4 is 15.4 Å². The summed E-state index contributed by atoms with van der Waals surface area (Å²) in [6, 6.07) is 3.62. The molecule has 1 aromatic carbocycles. The second-order valence-electron chi connectivity index (χ2n) is 7.91. The number of carbonyl (C=O) groups excluding carboxylic acids is 2. The molecule has 0 saturated heterocycles. The predicted octanol–water partition coefficient (Wildman–Crippen LogP) is 4.30. The van der Waals surface area contributed by atoms with Crippen LogP contribution in [-0.4, -0.2) is 33.9 Å². The lowest BCUT2D eigenvalue weighted by atomic mass is 9.93. The number of benzene rings is 1. The summed E-state index contributed by atoms with van der Waals surface area (Å²) in [6.07, 6.45) is -0.420. The summed E-state index contributed by atoms with van der Waals surface area (Å²) in [4.78, 5) is 30.6. The molecule has 1 saturated carbocycles. The van der Waals surface area contributed by atoms with Crippen LogP contribution in [0, 0.1) is 11.6 Å². The highest BCUT2D eigenvalue weighted by Gasteiger charge is 2.32. The lowest BCUT2D eigenvalue weighted by Gasteiger charge is -2.29. The minimum Gasteiger partial charge on any atom is -0.489 e. The maximum absolute atomic E-state index is 13.5. The van der Waals surface area contributed by atoms with Crippen LogP contribution in [0.25, 0.3) is 10.9 Å². The average molecular weight is 482 g/mol. The molecule has 2 amide bonds. The van der Waals surface area contributed by atoms with E-state index >= 15 is 0 Å². The molecule has 0 bridgehead atoms. The Morgan fingerprint density at radius 3 is 2.38 bits per heavy atom. The molecule has 0 spiro atoms. The van der Waals surface area contributed by atoms with Crippen LogP contribution in [0.1, 0.15) is 31.4 Å². The van der Waals surface area contributed by atoms with Crippen molar-refractivity contribution in [1.29, 1.82) is 0 Å². The summed E-state index contributed by atoms with van der Waals surface area (Å²) in [7, 11) is 0. The molecule has 3 N–H and O–H groups in total. The van der Waals surface area contributed by atoms with E-state index in [9.17, 15) is 31.5 Å². The number of anilines is 1. The van der Waals surface area contributed by atoms with E-state index in [0.717, 1.165) is 24.4 Å². The number of hydrogen-bond acceptors (Lipinski definition) is 4. The molecule has 1 aliphatic rings. The Morgan fingerprint density at radius 1 is 1.03 bits per heavy atom. The number of nitrogens with one attached hydrogen (secondary N) is 3. The predicted molar refractivity (Wildman–Crippen MR) is 111 cm³/mol. The van der Waals surface area contributed by atoms with Crippen molar-refractivity contribution in [2.24, 2.45) is 0 Å². The molecule has 1 aliphatic carbocycles. The van der Waals surface area contributed by atoms with Gasteiger partial charge in [0.15, 0.2) is 11.6 Å². The number of H-pyrrole nitrogens is 1. The van der Waals surface area contributed by atoms with E-state index in [2.05, 4.69) is 20.6 Å². The zero-order valence-electron chi connectivity index (χ0n) is 17.5. The standard InChI is InChI=1S/C22H19F5N4O3/c23-15-7-14-17(8-16(15)24)28-10-18(14)31-21(33)20(32)30-11-1-3-12(4-2-11)34-13-5-6-19(29-9-13)22(25,26)27/h5-12,28H,1-4H2,(H,30,32)(H,31,33)/t11-,12+. The number of ether oxygens (including phenoxy) is 1. The molecule has 4 rings (SSSR count). The van der Waals surface area contributed by atoms with Crippen molar-refractivity contribution < 1.29 is 36.3 Å². The van der Waals surface area contributed by atoms with Gasteiger partial charge in [-0.1, -0.05) is 0 Å². The molecule has 0 atom stereocenters. The molecule has 2 aromatic heterocycles. The fourth-order valence-electron chi connectivity index (χ4n) is 3.79. The van der Waals surface area contributed by atoms with Gasteiger partial charge in [0.05, 0.1) is 23.5 Å². The summed E-state index contributed by atoms with van der Waals surface area (Å²) in [5, 5.41) is 5.21. The maximum atomic E-state index is 13.5. The molecule has 1 fully saturated rings. The van der Waals surface area contributed by atoms with Crippen molar-refractivity contribution in [2.45, 2.75) is 44.0 Å². The lowest BCUT2D eigenvalue weighted by Crippen LogP contribution is -2.44. The van der Waals surface area contributed by atoms with Crippen molar-refractivity contribution in [3.05, 3.63) is 54.0 Å². The van der Waals surface area contributed by atoms with Gasteiger partial charge in [-0.2, -0.15) is 13.2 Å². The molecule has 34 heavy (non-hydrogen) atoms. The first kappa shape index (κ1) is 23.5. The van der Waals surface area contributed by atoms with E-state index in [1.54, 1.807) is 0 Å². The van der Waals surface area contributed by atoms with Crippen molar-refractivity contribution in [1.82, 2.24) is 15.3 Å². The average Bonchev–Trinajstić information content (AvgIpc) is 3.16. The van der Waals surface area contributed by atoms with Crippen molar-refractivity contribution >= 4 is 28.4 Å². The van der Waals surface area contributed by atoms with Gasteiger partial charge in [0.2, 0.25) is 0 Å². The van der Waals surface area contributed by atoms with E-state index < -0.39 is 35.3 Å². The molecular weight excluding hydrogens is 463 g/mol. The number of nitrogens with zero attached hydrogens (tertiary/aromatic N) is 1. The van der Waals surface area contributed by atoms with Gasteiger partial charge in [-0.15, -0.1) is 0 Å². The minimum atomic E-state index is -4.52. The molecule has 0 radical (unpaired) electrons. The number of pyridine rings is 1. The van der Waals surface area contributed by atoms with E-state index in [1.807, 2.05) is 0 Å². The largest absolute Gasteiger partial charge is 0.489 e.